The summed E-state index contributed by atoms with van der Waals surface area (Å²) in [5.74, 6) is -0.164. The van der Waals surface area contributed by atoms with Crippen LogP contribution in [0.3, 0.4) is 0 Å². The van der Waals surface area contributed by atoms with Crippen LogP contribution >= 0.6 is 0 Å². The number of hydrogen-bond donors (Lipinski definition) is 2. The van der Waals surface area contributed by atoms with Crippen molar-refractivity contribution in [3.8, 4) is 0 Å². The molecule has 0 aliphatic rings. The van der Waals surface area contributed by atoms with Crippen LogP contribution in [0, 0.1) is 0 Å². The van der Waals surface area contributed by atoms with Gasteiger partial charge >= 0.3 is 0 Å². The summed E-state index contributed by atoms with van der Waals surface area (Å²) in [4.78, 5) is 12.0. The SMILES string of the molecule is CCOCCNC(=O)c1cc2ccccc2cc1N. The fourth-order valence-electron chi connectivity index (χ4n) is 1.93. The largest absolute Gasteiger partial charge is 0.398 e. The van der Waals surface area contributed by atoms with E-state index in [1.165, 1.54) is 0 Å². The van der Waals surface area contributed by atoms with Gasteiger partial charge in [0.1, 0.15) is 0 Å². The van der Waals surface area contributed by atoms with Gasteiger partial charge in [0.05, 0.1) is 12.2 Å². The third-order valence-electron chi connectivity index (χ3n) is 2.90. The van der Waals surface area contributed by atoms with Crippen LogP contribution < -0.4 is 11.1 Å². The minimum atomic E-state index is -0.164. The number of ether oxygens (including phenoxy) is 1. The van der Waals surface area contributed by atoms with Crippen molar-refractivity contribution in [3.05, 3.63) is 42.0 Å². The first-order valence-electron chi connectivity index (χ1n) is 6.36. The van der Waals surface area contributed by atoms with E-state index in [0.717, 1.165) is 10.8 Å². The lowest BCUT2D eigenvalue weighted by Crippen LogP contribution is -2.27. The van der Waals surface area contributed by atoms with E-state index in [4.69, 9.17) is 10.5 Å². The Bertz CT molecular complexity index is 581. The minimum Gasteiger partial charge on any atom is -0.398 e. The number of benzene rings is 2. The first-order valence-corrected chi connectivity index (χ1v) is 6.36. The van der Waals surface area contributed by atoms with Gasteiger partial charge in [0, 0.05) is 18.8 Å². The summed E-state index contributed by atoms with van der Waals surface area (Å²) in [6.45, 7) is 3.56. The highest BCUT2D eigenvalue weighted by Crippen LogP contribution is 2.21. The number of amides is 1. The number of rotatable bonds is 5. The van der Waals surface area contributed by atoms with Gasteiger partial charge in [-0.25, -0.2) is 0 Å². The van der Waals surface area contributed by atoms with Gasteiger partial charge in [-0.05, 0) is 29.8 Å². The van der Waals surface area contributed by atoms with E-state index in [1.807, 2.05) is 43.3 Å². The maximum Gasteiger partial charge on any atom is 0.253 e. The van der Waals surface area contributed by atoms with Crippen LogP contribution in [-0.2, 0) is 4.74 Å². The number of carbonyl (C=O) groups excluding carboxylic acids is 1. The Balaban J connectivity index is 2.15. The molecule has 0 spiro atoms. The van der Waals surface area contributed by atoms with Crippen LogP contribution in [0.1, 0.15) is 17.3 Å². The molecule has 0 aromatic heterocycles. The van der Waals surface area contributed by atoms with Crippen LogP contribution in [-0.4, -0.2) is 25.7 Å². The molecule has 0 unspecified atom stereocenters. The average molecular weight is 258 g/mol. The van der Waals surface area contributed by atoms with Crippen molar-refractivity contribution in [1.82, 2.24) is 5.32 Å². The minimum absolute atomic E-state index is 0.164. The molecule has 0 bridgehead atoms. The summed E-state index contributed by atoms with van der Waals surface area (Å²) >= 11 is 0. The molecule has 0 aliphatic carbocycles. The molecule has 0 aliphatic heterocycles. The lowest BCUT2D eigenvalue weighted by molar-refractivity contribution is 0.0923. The van der Waals surface area contributed by atoms with Gasteiger partial charge in [-0.2, -0.15) is 0 Å². The van der Waals surface area contributed by atoms with Crippen LogP contribution in [0.5, 0.6) is 0 Å². The molecular weight excluding hydrogens is 240 g/mol. The molecule has 3 N–H and O–H groups in total. The Morgan fingerprint density at radius 3 is 2.63 bits per heavy atom. The second kappa shape index (κ2) is 6.20. The zero-order valence-corrected chi connectivity index (χ0v) is 11.0. The standard InChI is InChI=1S/C15H18N2O2/c1-2-19-8-7-17-15(18)13-9-11-5-3-4-6-12(11)10-14(13)16/h3-6,9-10H,2,7-8,16H2,1H3,(H,17,18). The lowest BCUT2D eigenvalue weighted by Gasteiger charge is -2.09. The summed E-state index contributed by atoms with van der Waals surface area (Å²) in [6, 6.07) is 11.5. The Labute approximate surface area is 112 Å². The summed E-state index contributed by atoms with van der Waals surface area (Å²) in [7, 11) is 0. The normalized spacial score (nSPS) is 10.6. The first kappa shape index (κ1) is 13.4. The molecule has 0 atom stereocenters. The first-order chi connectivity index (χ1) is 9.22. The summed E-state index contributed by atoms with van der Waals surface area (Å²) in [6.07, 6.45) is 0. The Morgan fingerprint density at radius 2 is 1.95 bits per heavy atom. The fraction of sp³-hybridized carbons (Fsp3) is 0.267. The van der Waals surface area contributed by atoms with Crippen LogP contribution in [0.25, 0.3) is 10.8 Å². The summed E-state index contributed by atoms with van der Waals surface area (Å²) in [5.41, 5.74) is 6.93. The van der Waals surface area contributed by atoms with Gasteiger partial charge in [0.25, 0.3) is 5.91 Å². The summed E-state index contributed by atoms with van der Waals surface area (Å²) < 4.78 is 5.17. The molecule has 2 aromatic carbocycles. The highest BCUT2D eigenvalue weighted by Gasteiger charge is 2.10. The molecule has 100 valence electrons. The van der Waals surface area contributed by atoms with Crippen molar-refractivity contribution in [3.63, 3.8) is 0 Å². The van der Waals surface area contributed by atoms with E-state index < -0.39 is 0 Å². The topological polar surface area (TPSA) is 64.3 Å². The van der Waals surface area contributed by atoms with Crippen LogP contribution in [0.2, 0.25) is 0 Å². The molecule has 2 rings (SSSR count). The molecular formula is C15H18N2O2. The Kier molecular flexibility index (Phi) is 4.36. The van der Waals surface area contributed by atoms with E-state index in [0.29, 0.717) is 31.0 Å². The number of nitrogens with one attached hydrogen (secondary N) is 1. The third kappa shape index (κ3) is 3.23. The Hall–Kier alpha value is -2.07. The number of carbonyl (C=O) groups is 1. The molecule has 0 saturated carbocycles. The summed E-state index contributed by atoms with van der Waals surface area (Å²) in [5, 5.41) is 4.83. The molecule has 19 heavy (non-hydrogen) atoms. The predicted molar refractivity (Wildman–Crippen MR) is 77.2 cm³/mol. The maximum atomic E-state index is 12.0. The molecule has 0 radical (unpaired) electrons. The molecule has 0 fully saturated rings. The molecule has 0 heterocycles. The van der Waals surface area contributed by atoms with Crippen molar-refractivity contribution in [2.75, 3.05) is 25.5 Å². The predicted octanol–water partition coefficient (Wildman–Crippen LogP) is 2.19. The van der Waals surface area contributed by atoms with Crippen molar-refractivity contribution in [2.45, 2.75) is 6.92 Å². The smallest absolute Gasteiger partial charge is 0.253 e. The number of anilines is 1. The van der Waals surface area contributed by atoms with E-state index in [2.05, 4.69) is 5.32 Å². The number of nitrogen functional groups attached to an aromatic ring is 1. The van der Waals surface area contributed by atoms with Crippen LogP contribution in [0.4, 0.5) is 5.69 Å². The van der Waals surface area contributed by atoms with E-state index >= 15 is 0 Å². The van der Waals surface area contributed by atoms with Gasteiger partial charge in [0.2, 0.25) is 0 Å². The zero-order valence-electron chi connectivity index (χ0n) is 11.0. The lowest BCUT2D eigenvalue weighted by atomic mass is 10.0. The van der Waals surface area contributed by atoms with E-state index in [9.17, 15) is 4.79 Å². The van der Waals surface area contributed by atoms with Crippen molar-refractivity contribution < 1.29 is 9.53 Å². The molecule has 4 heteroatoms. The number of fused-ring (bicyclic) bond motifs is 1. The number of hydrogen-bond acceptors (Lipinski definition) is 3. The van der Waals surface area contributed by atoms with E-state index in [-0.39, 0.29) is 5.91 Å². The molecule has 1 amide bonds. The van der Waals surface area contributed by atoms with Crippen LogP contribution in [0.15, 0.2) is 36.4 Å². The quantitative estimate of drug-likeness (QED) is 0.638. The molecule has 0 saturated heterocycles. The second-order valence-electron chi connectivity index (χ2n) is 4.24. The molecule has 2 aromatic rings. The van der Waals surface area contributed by atoms with Crippen molar-refractivity contribution >= 4 is 22.4 Å². The average Bonchev–Trinajstić information content (AvgIpc) is 2.42. The van der Waals surface area contributed by atoms with Crippen molar-refractivity contribution in [2.24, 2.45) is 0 Å². The highest BCUT2D eigenvalue weighted by molar-refractivity contribution is 6.03. The second-order valence-corrected chi connectivity index (χ2v) is 4.24. The van der Waals surface area contributed by atoms with Gasteiger partial charge < -0.3 is 15.8 Å². The van der Waals surface area contributed by atoms with Gasteiger partial charge in [-0.15, -0.1) is 0 Å². The van der Waals surface area contributed by atoms with Gasteiger partial charge in [0.15, 0.2) is 0 Å². The monoisotopic (exact) mass is 258 g/mol. The highest BCUT2D eigenvalue weighted by atomic mass is 16.5. The van der Waals surface area contributed by atoms with E-state index in [1.54, 1.807) is 0 Å². The Morgan fingerprint density at radius 1 is 1.26 bits per heavy atom. The number of nitrogens with two attached hydrogens (primary N) is 1. The van der Waals surface area contributed by atoms with Gasteiger partial charge in [-0.3, -0.25) is 4.79 Å². The maximum absolute atomic E-state index is 12.0. The fourth-order valence-corrected chi connectivity index (χ4v) is 1.93. The van der Waals surface area contributed by atoms with Crippen molar-refractivity contribution in [1.29, 1.82) is 0 Å². The third-order valence-corrected chi connectivity index (χ3v) is 2.90. The zero-order chi connectivity index (χ0) is 13.7. The molecule has 4 nitrogen and oxygen atoms in total. The van der Waals surface area contributed by atoms with Gasteiger partial charge in [-0.1, -0.05) is 24.3 Å².